The molecule has 0 saturated carbocycles. The SMILES string of the molecule is O=C(CN1CCCCC1)N1CCCC(c2ncc(Cc3ccc(Cl)cc3)o2)C1. The standard InChI is InChI=1S/C22H28ClN3O2/c23-19-8-6-17(7-9-19)13-20-14-24-22(28-20)18-5-4-12-26(15-18)21(27)16-25-10-2-1-3-11-25/h6-9,14,18H,1-5,10-13,15-16H2. The Labute approximate surface area is 171 Å². The number of piperidine rings is 2. The van der Waals surface area contributed by atoms with Crippen LogP contribution in [0, 0.1) is 0 Å². The molecule has 3 heterocycles. The molecular weight excluding hydrogens is 374 g/mol. The van der Waals surface area contributed by atoms with Gasteiger partial charge in [-0.25, -0.2) is 4.98 Å². The molecule has 150 valence electrons. The summed E-state index contributed by atoms with van der Waals surface area (Å²) in [5, 5.41) is 0.735. The summed E-state index contributed by atoms with van der Waals surface area (Å²) in [6.07, 6.45) is 8.26. The van der Waals surface area contributed by atoms with Gasteiger partial charge < -0.3 is 9.32 Å². The van der Waals surface area contributed by atoms with E-state index in [1.807, 2.05) is 35.4 Å². The van der Waals surface area contributed by atoms with Crippen LogP contribution in [0.3, 0.4) is 0 Å². The first kappa shape index (κ1) is 19.5. The van der Waals surface area contributed by atoms with Crippen molar-refractivity contribution >= 4 is 17.5 Å². The Balaban J connectivity index is 1.34. The fourth-order valence-corrected chi connectivity index (χ4v) is 4.34. The number of benzene rings is 1. The van der Waals surface area contributed by atoms with E-state index in [4.69, 9.17) is 16.0 Å². The van der Waals surface area contributed by atoms with Crippen LogP contribution in [0.4, 0.5) is 0 Å². The molecule has 1 aromatic heterocycles. The zero-order valence-corrected chi connectivity index (χ0v) is 17.0. The number of amides is 1. The van der Waals surface area contributed by atoms with Gasteiger partial charge in [0.25, 0.3) is 0 Å². The third kappa shape index (κ3) is 4.95. The van der Waals surface area contributed by atoms with Crippen molar-refractivity contribution in [3.05, 3.63) is 52.7 Å². The minimum atomic E-state index is 0.193. The van der Waals surface area contributed by atoms with Crippen LogP contribution in [0.1, 0.15) is 55.2 Å². The normalized spacial score (nSPS) is 21.0. The van der Waals surface area contributed by atoms with E-state index in [1.165, 1.54) is 19.3 Å². The Morgan fingerprint density at radius 1 is 1.11 bits per heavy atom. The molecule has 1 aromatic carbocycles. The highest BCUT2D eigenvalue weighted by molar-refractivity contribution is 6.30. The van der Waals surface area contributed by atoms with Crippen molar-refractivity contribution in [2.24, 2.45) is 0 Å². The Bertz CT molecular complexity index is 783. The van der Waals surface area contributed by atoms with Gasteiger partial charge in [-0.1, -0.05) is 30.2 Å². The zero-order valence-electron chi connectivity index (χ0n) is 16.3. The number of carbonyl (C=O) groups excluding carboxylic acids is 1. The number of aromatic nitrogens is 1. The lowest BCUT2D eigenvalue weighted by Gasteiger charge is -2.34. The summed E-state index contributed by atoms with van der Waals surface area (Å²) >= 11 is 5.95. The summed E-state index contributed by atoms with van der Waals surface area (Å²) in [5.41, 5.74) is 1.15. The van der Waals surface area contributed by atoms with Crippen LogP contribution >= 0.6 is 11.6 Å². The molecule has 2 aliphatic rings. The van der Waals surface area contributed by atoms with Crippen LogP contribution in [0.25, 0.3) is 0 Å². The van der Waals surface area contributed by atoms with Crippen LogP contribution in [0.15, 0.2) is 34.9 Å². The number of hydrogen-bond acceptors (Lipinski definition) is 4. The molecule has 0 spiro atoms. The second-order valence-corrected chi connectivity index (χ2v) is 8.42. The molecule has 2 fully saturated rings. The van der Waals surface area contributed by atoms with Crippen LogP contribution < -0.4 is 0 Å². The fourth-order valence-electron chi connectivity index (χ4n) is 4.21. The molecule has 0 aliphatic carbocycles. The Kier molecular flexibility index (Phi) is 6.33. The number of halogens is 1. The first-order chi connectivity index (χ1) is 13.7. The van der Waals surface area contributed by atoms with E-state index in [2.05, 4.69) is 9.88 Å². The minimum absolute atomic E-state index is 0.193. The quantitative estimate of drug-likeness (QED) is 0.756. The minimum Gasteiger partial charge on any atom is -0.445 e. The smallest absolute Gasteiger partial charge is 0.236 e. The van der Waals surface area contributed by atoms with Crippen molar-refractivity contribution < 1.29 is 9.21 Å². The van der Waals surface area contributed by atoms with Crippen molar-refractivity contribution in [3.8, 4) is 0 Å². The van der Waals surface area contributed by atoms with E-state index in [-0.39, 0.29) is 11.8 Å². The summed E-state index contributed by atoms with van der Waals surface area (Å²) < 4.78 is 6.04. The third-order valence-corrected chi connectivity index (χ3v) is 6.05. The van der Waals surface area contributed by atoms with Crippen LogP contribution in [-0.4, -0.2) is 53.4 Å². The van der Waals surface area contributed by atoms with Gasteiger partial charge in [-0.2, -0.15) is 0 Å². The Morgan fingerprint density at radius 3 is 2.68 bits per heavy atom. The van der Waals surface area contributed by atoms with Gasteiger partial charge in [-0.15, -0.1) is 0 Å². The largest absolute Gasteiger partial charge is 0.445 e. The lowest BCUT2D eigenvalue weighted by Crippen LogP contribution is -2.45. The van der Waals surface area contributed by atoms with Crippen molar-refractivity contribution in [1.29, 1.82) is 0 Å². The van der Waals surface area contributed by atoms with E-state index in [0.29, 0.717) is 19.5 Å². The number of likely N-dealkylation sites (tertiary alicyclic amines) is 2. The lowest BCUT2D eigenvalue weighted by atomic mass is 9.98. The van der Waals surface area contributed by atoms with Gasteiger partial charge in [0.1, 0.15) is 5.76 Å². The van der Waals surface area contributed by atoms with Gasteiger partial charge in [-0.05, 0) is 56.5 Å². The summed E-state index contributed by atoms with van der Waals surface area (Å²) in [6, 6.07) is 7.79. The maximum Gasteiger partial charge on any atom is 0.236 e. The molecule has 4 rings (SSSR count). The lowest BCUT2D eigenvalue weighted by molar-refractivity contribution is -0.134. The first-order valence-electron chi connectivity index (χ1n) is 10.4. The van der Waals surface area contributed by atoms with E-state index in [9.17, 15) is 4.79 Å². The van der Waals surface area contributed by atoms with Gasteiger partial charge in [0, 0.05) is 24.5 Å². The van der Waals surface area contributed by atoms with Gasteiger partial charge in [-0.3, -0.25) is 9.69 Å². The second-order valence-electron chi connectivity index (χ2n) is 7.98. The average Bonchev–Trinajstić information content (AvgIpc) is 3.19. The molecule has 2 aromatic rings. The molecule has 0 bridgehead atoms. The van der Waals surface area contributed by atoms with E-state index in [0.717, 1.165) is 54.7 Å². The van der Waals surface area contributed by atoms with Gasteiger partial charge in [0.2, 0.25) is 5.91 Å². The fraction of sp³-hybridized carbons (Fsp3) is 0.545. The number of hydrogen-bond donors (Lipinski definition) is 0. The molecule has 1 unspecified atom stereocenters. The molecule has 2 aliphatic heterocycles. The van der Waals surface area contributed by atoms with E-state index < -0.39 is 0 Å². The van der Waals surface area contributed by atoms with Crippen LogP contribution in [0.2, 0.25) is 5.02 Å². The summed E-state index contributed by atoms with van der Waals surface area (Å²) in [7, 11) is 0. The molecule has 1 amide bonds. The Hall–Kier alpha value is -1.85. The van der Waals surface area contributed by atoms with Crippen molar-refractivity contribution in [2.45, 2.75) is 44.4 Å². The maximum atomic E-state index is 12.7. The molecule has 0 N–H and O–H groups in total. The molecular formula is C22H28ClN3O2. The molecule has 1 atom stereocenters. The monoisotopic (exact) mass is 401 g/mol. The molecule has 28 heavy (non-hydrogen) atoms. The summed E-state index contributed by atoms with van der Waals surface area (Å²) in [5.74, 6) is 2.06. The highest BCUT2D eigenvalue weighted by Gasteiger charge is 2.28. The predicted molar refractivity (Wildman–Crippen MR) is 110 cm³/mol. The number of nitrogens with zero attached hydrogens (tertiary/aromatic N) is 3. The van der Waals surface area contributed by atoms with Gasteiger partial charge in [0.15, 0.2) is 5.89 Å². The van der Waals surface area contributed by atoms with Gasteiger partial charge in [0.05, 0.1) is 18.7 Å². The van der Waals surface area contributed by atoms with Crippen molar-refractivity contribution in [2.75, 3.05) is 32.7 Å². The third-order valence-electron chi connectivity index (χ3n) is 5.79. The van der Waals surface area contributed by atoms with Crippen molar-refractivity contribution in [1.82, 2.24) is 14.8 Å². The second kappa shape index (κ2) is 9.10. The van der Waals surface area contributed by atoms with Crippen molar-refractivity contribution in [3.63, 3.8) is 0 Å². The number of oxazole rings is 1. The van der Waals surface area contributed by atoms with E-state index >= 15 is 0 Å². The number of rotatable bonds is 5. The number of carbonyl (C=O) groups is 1. The molecule has 5 nitrogen and oxygen atoms in total. The predicted octanol–water partition coefficient (Wildman–Crippen LogP) is 4.11. The molecule has 2 saturated heterocycles. The highest BCUT2D eigenvalue weighted by Crippen LogP contribution is 2.27. The summed E-state index contributed by atoms with van der Waals surface area (Å²) in [4.78, 5) is 21.6. The highest BCUT2D eigenvalue weighted by atomic mass is 35.5. The van der Waals surface area contributed by atoms with E-state index in [1.54, 1.807) is 0 Å². The average molecular weight is 402 g/mol. The molecule has 6 heteroatoms. The Morgan fingerprint density at radius 2 is 1.89 bits per heavy atom. The van der Waals surface area contributed by atoms with Crippen LogP contribution in [-0.2, 0) is 11.2 Å². The summed E-state index contributed by atoms with van der Waals surface area (Å²) in [6.45, 7) is 4.23. The first-order valence-corrected chi connectivity index (χ1v) is 10.7. The molecule has 0 radical (unpaired) electrons. The van der Waals surface area contributed by atoms with Gasteiger partial charge >= 0.3 is 0 Å². The van der Waals surface area contributed by atoms with Crippen LogP contribution in [0.5, 0.6) is 0 Å². The maximum absolute atomic E-state index is 12.7. The zero-order chi connectivity index (χ0) is 19.3. The topological polar surface area (TPSA) is 49.6 Å².